The van der Waals surface area contributed by atoms with Gasteiger partial charge in [-0.3, -0.25) is 19.3 Å². The van der Waals surface area contributed by atoms with Gasteiger partial charge < -0.3 is 0 Å². The van der Waals surface area contributed by atoms with E-state index in [1.807, 2.05) is 52.0 Å². The van der Waals surface area contributed by atoms with Gasteiger partial charge in [-0.1, -0.05) is 66.3 Å². The predicted octanol–water partition coefficient (Wildman–Crippen LogP) is 7.95. The molecule has 3 aromatic rings. The number of hydrogen-bond acceptors (Lipinski definition) is 3. The first kappa shape index (κ1) is 27.6. The van der Waals surface area contributed by atoms with Gasteiger partial charge in [0.05, 0.1) is 28.2 Å². The molecule has 0 spiro atoms. The van der Waals surface area contributed by atoms with Crippen molar-refractivity contribution >= 4 is 34.8 Å². The molecule has 2 heterocycles. The summed E-state index contributed by atoms with van der Waals surface area (Å²) in [5.74, 6) is -0.742. The molecule has 5 rings (SSSR count). The Morgan fingerprint density at radius 3 is 1.32 bits per heavy atom. The van der Waals surface area contributed by atoms with Crippen LogP contribution in [-0.2, 0) is 10.8 Å². The summed E-state index contributed by atoms with van der Waals surface area (Å²) in [6.07, 6.45) is 0. The number of carbonyl (C=O) groups is 3. The van der Waals surface area contributed by atoms with Gasteiger partial charge in [-0.25, -0.2) is 4.90 Å². The third-order valence-electron chi connectivity index (χ3n) is 8.65. The number of nitrogens with zero attached hydrogens (tertiary/aromatic N) is 2. The van der Waals surface area contributed by atoms with Gasteiger partial charge in [0, 0.05) is 11.1 Å². The van der Waals surface area contributed by atoms with Gasteiger partial charge >= 0.3 is 0 Å². The van der Waals surface area contributed by atoms with Crippen molar-refractivity contribution in [2.24, 2.45) is 0 Å². The Balaban J connectivity index is 1.62. The average Bonchev–Trinajstić information content (AvgIpc) is 3.27. The lowest BCUT2D eigenvalue weighted by Gasteiger charge is -2.29. The minimum absolute atomic E-state index is 0.0925. The van der Waals surface area contributed by atoms with Crippen LogP contribution in [0.3, 0.4) is 0 Å². The van der Waals surface area contributed by atoms with Crippen LogP contribution in [0.1, 0.15) is 112 Å². The lowest BCUT2D eigenvalue weighted by molar-refractivity contribution is 0.0924. The summed E-state index contributed by atoms with van der Waals surface area (Å²) in [6.45, 7) is 24.7. The molecule has 0 fully saturated rings. The molecule has 0 saturated heterocycles. The Bertz CT molecular complexity index is 1520. The van der Waals surface area contributed by atoms with Crippen LogP contribution in [0, 0.1) is 27.7 Å². The van der Waals surface area contributed by atoms with Gasteiger partial charge in [0.2, 0.25) is 0 Å². The Kier molecular flexibility index (Phi) is 6.03. The minimum atomic E-state index is -0.318. The Labute approximate surface area is 237 Å². The smallest absolute Gasteiger partial charge is 0.266 e. The zero-order valence-electron chi connectivity index (χ0n) is 25.3. The quantitative estimate of drug-likeness (QED) is 0.314. The third-order valence-corrected chi connectivity index (χ3v) is 8.65. The molecule has 2 aliphatic heterocycles. The summed E-state index contributed by atoms with van der Waals surface area (Å²) in [4.78, 5) is 44.3. The highest BCUT2D eigenvalue weighted by atomic mass is 16.2. The third kappa shape index (κ3) is 3.86. The maximum atomic E-state index is 13.9. The van der Waals surface area contributed by atoms with E-state index in [-0.39, 0.29) is 28.6 Å². The number of anilines is 2. The molecule has 3 aromatic carbocycles. The molecule has 3 amide bonds. The molecule has 0 N–H and O–H groups in total. The van der Waals surface area contributed by atoms with Crippen LogP contribution in [0.15, 0.2) is 43.0 Å². The van der Waals surface area contributed by atoms with Gasteiger partial charge in [0.15, 0.2) is 0 Å². The monoisotopic (exact) mass is 534 g/mol. The second kappa shape index (κ2) is 8.76. The molecule has 206 valence electrons. The van der Waals surface area contributed by atoms with E-state index < -0.39 is 0 Å². The molecule has 0 radical (unpaired) electrons. The van der Waals surface area contributed by atoms with Crippen molar-refractivity contribution in [1.29, 1.82) is 0 Å². The topological polar surface area (TPSA) is 57.7 Å². The number of rotatable bonds is 2. The van der Waals surface area contributed by atoms with E-state index in [9.17, 15) is 14.4 Å². The molecular formula is C35H38N2O3. The summed E-state index contributed by atoms with van der Waals surface area (Å²) >= 11 is 0. The van der Waals surface area contributed by atoms with Crippen molar-refractivity contribution in [2.45, 2.75) is 80.1 Å². The molecule has 0 aromatic heterocycles. The van der Waals surface area contributed by atoms with Crippen molar-refractivity contribution in [3.63, 3.8) is 0 Å². The standard InChI is InChI=1S/C35H38N2O3/c1-18-20(3)30(37-31(38)26-15-13-24(35(9,10)11)17-28(26)33(37)40)21(4)19(2)29(18)36-22(5)25-14-12-23(34(6,7)8)16-27(25)32(36)39/h12-17H,5H2,1-4,6-11H3. The fourth-order valence-electron chi connectivity index (χ4n) is 5.89. The lowest BCUT2D eigenvalue weighted by atomic mass is 9.85. The van der Waals surface area contributed by atoms with Crippen LogP contribution in [0.25, 0.3) is 5.70 Å². The number of benzene rings is 3. The summed E-state index contributed by atoms with van der Waals surface area (Å²) in [5.41, 5.74) is 9.40. The first-order chi connectivity index (χ1) is 18.5. The number of imide groups is 1. The predicted molar refractivity (Wildman–Crippen MR) is 163 cm³/mol. The molecular weight excluding hydrogens is 496 g/mol. The Morgan fingerprint density at radius 1 is 0.525 bits per heavy atom. The van der Waals surface area contributed by atoms with E-state index in [0.29, 0.717) is 28.1 Å². The minimum Gasteiger partial charge on any atom is -0.276 e. The van der Waals surface area contributed by atoms with Crippen LogP contribution in [0.4, 0.5) is 11.4 Å². The molecule has 5 heteroatoms. The van der Waals surface area contributed by atoms with Gasteiger partial charge in [0.25, 0.3) is 17.7 Å². The van der Waals surface area contributed by atoms with E-state index in [1.54, 1.807) is 11.0 Å². The molecule has 0 bridgehead atoms. The highest BCUT2D eigenvalue weighted by Crippen LogP contribution is 2.46. The second-order valence-corrected chi connectivity index (χ2v) is 13.3. The number of carbonyl (C=O) groups excluding carboxylic acids is 3. The van der Waals surface area contributed by atoms with Gasteiger partial charge in [-0.15, -0.1) is 0 Å². The first-order valence-electron chi connectivity index (χ1n) is 13.8. The lowest BCUT2D eigenvalue weighted by Crippen LogP contribution is -2.32. The fraction of sp³-hybridized carbons (Fsp3) is 0.343. The Morgan fingerprint density at radius 2 is 0.875 bits per heavy atom. The number of fused-ring (bicyclic) bond motifs is 2. The van der Waals surface area contributed by atoms with Gasteiger partial charge in [-0.2, -0.15) is 0 Å². The van der Waals surface area contributed by atoms with Crippen molar-refractivity contribution in [1.82, 2.24) is 0 Å². The fourth-order valence-corrected chi connectivity index (χ4v) is 5.89. The molecule has 2 aliphatic rings. The van der Waals surface area contributed by atoms with Gasteiger partial charge in [0.1, 0.15) is 0 Å². The van der Waals surface area contributed by atoms with Crippen LogP contribution in [0.2, 0.25) is 0 Å². The maximum Gasteiger partial charge on any atom is 0.266 e. The molecule has 0 unspecified atom stereocenters. The van der Waals surface area contributed by atoms with Crippen LogP contribution >= 0.6 is 0 Å². The normalized spacial score (nSPS) is 15.3. The van der Waals surface area contributed by atoms with Crippen molar-refractivity contribution in [3.8, 4) is 0 Å². The van der Waals surface area contributed by atoms with Crippen LogP contribution < -0.4 is 9.80 Å². The maximum absolute atomic E-state index is 13.9. The van der Waals surface area contributed by atoms with E-state index >= 15 is 0 Å². The van der Waals surface area contributed by atoms with E-state index in [4.69, 9.17) is 0 Å². The Hall–Kier alpha value is -3.99. The molecule has 0 aliphatic carbocycles. The highest BCUT2D eigenvalue weighted by molar-refractivity contribution is 6.35. The zero-order valence-corrected chi connectivity index (χ0v) is 25.3. The van der Waals surface area contributed by atoms with E-state index in [2.05, 4.69) is 54.2 Å². The summed E-state index contributed by atoms with van der Waals surface area (Å²) < 4.78 is 0. The van der Waals surface area contributed by atoms with E-state index in [1.165, 1.54) is 4.90 Å². The summed E-state index contributed by atoms with van der Waals surface area (Å²) in [5, 5.41) is 0. The van der Waals surface area contributed by atoms with Crippen molar-refractivity contribution < 1.29 is 14.4 Å². The molecule has 5 nitrogen and oxygen atoms in total. The first-order valence-corrected chi connectivity index (χ1v) is 13.8. The highest BCUT2D eigenvalue weighted by Gasteiger charge is 2.41. The molecule has 0 atom stereocenters. The second-order valence-electron chi connectivity index (χ2n) is 13.3. The molecule has 40 heavy (non-hydrogen) atoms. The number of hydrogen-bond donors (Lipinski definition) is 0. The van der Waals surface area contributed by atoms with Crippen molar-refractivity contribution in [3.05, 3.63) is 98.6 Å². The number of amides is 3. The summed E-state index contributed by atoms with van der Waals surface area (Å²) in [6, 6.07) is 11.6. The van der Waals surface area contributed by atoms with E-state index in [0.717, 1.165) is 44.6 Å². The van der Waals surface area contributed by atoms with Crippen LogP contribution in [0.5, 0.6) is 0 Å². The zero-order chi connectivity index (χ0) is 29.6. The average molecular weight is 535 g/mol. The van der Waals surface area contributed by atoms with Crippen molar-refractivity contribution in [2.75, 3.05) is 9.80 Å². The van der Waals surface area contributed by atoms with Gasteiger partial charge in [-0.05, 0) is 90.1 Å². The summed E-state index contributed by atoms with van der Waals surface area (Å²) in [7, 11) is 0. The molecule has 0 saturated carbocycles. The van der Waals surface area contributed by atoms with Crippen LogP contribution in [-0.4, -0.2) is 17.7 Å². The largest absolute Gasteiger partial charge is 0.276 e. The SMILES string of the molecule is C=C1c2ccc(C(C)(C)C)cc2C(=O)N1c1c(C)c(C)c(N2C(=O)c3ccc(C(C)(C)C)cc3C2=O)c(C)c1C.